The second-order valence-corrected chi connectivity index (χ2v) is 8.22. The fraction of sp³-hybridized carbons (Fsp3) is 0.333. The Morgan fingerprint density at radius 3 is 2.58 bits per heavy atom. The molecule has 0 saturated carbocycles. The van der Waals surface area contributed by atoms with Gasteiger partial charge in [-0.15, -0.1) is 0 Å². The van der Waals surface area contributed by atoms with Crippen LogP contribution in [0.5, 0.6) is 5.75 Å². The summed E-state index contributed by atoms with van der Waals surface area (Å²) in [5, 5.41) is 11.3. The van der Waals surface area contributed by atoms with Crippen molar-refractivity contribution in [3.63, 3.8) is 0 Å². The molecule has 1 N–H and O–H groups in total. The molecule has 2 aliphatic heterocycles. The lowest BCUT2D eigenvalue weighted by Gasteiger charge is -2.31. The first-order valence-electron chi connectivity index (χ1n) is 10.6. The maximum atomic E-state index is 14.8. The standard InChI is InChI=1S/C24H24ClFN2O5/c1-32-19-7-6-15(14-17(19)25)22(29)20-21(16-4-2-3-5-18(16)26)28(24(31)23(20)30)9-8-27-10-12-33-13-11-27/h2-7,14,21,29H,8-13H2,1H3/t21-/m0/s1. The third kappa shape index (κ3) is 4.59. The van der Waals surface area contributed by atoms with Gasteiger partial charge in [0, 0.05) is 37.3 Å². The number of Topliss-reactive ketones (excluding diaryl/α,β-unsaturated/α-hetero) is 1. The topological polar surface area (TPSA) is 79.3 Å². The summed E-state index contributed by atoms with van der Waals surface area (Å²) in [6, 6.07) is 9.39. The summed E-state index contributed by atoms with van der Waals surface area (Å²) in [6.07, 6.45) is 0. The van der Waals surface area contributed by atoms with E-state index in [9.17, 15) is 19.1 Å². The molecule has 0 bridgehead atoms. The first kappa shape index (κ1) is 23.2. The van der Waals surface area contributed by atoms with Crippen molar-refractivity contribution in [2.75, 3.05) is 46.5 Å². The number of morpholine rings is 1. The maximum absolute atomic E-state index is 14.8. The monoisotopic (exact) mass is 474 g/mol. The number of rotatable bonds is 6. The van der Waals surface area contributed by atoms with E-state index < -0.39 is 29.3 Å². The Kier molecular flexibility index (Phi) is 6.97. The second kappa shape index (κ2) is 9.91. The van der Waals surface area contributed by atoms with E-state index >= 15 is 0 Å². The number of amides is 1. The predicted octanol–water partition coefficient (Wildman–Crippen LogP) is 3.24. The van der Waals surface area contributed by atoms with Crippen molar-refractivity contribution in [3.8, 4) is 5.75 Å². The van der Waals surface area contributed by atoms with Crippen molar-refractivity contribution in [3.05, 3.63) is 70.0 Å². The highest BCUT2D eigenvalue weighted by molar-refractivity contribution is 6.46. The van der Waals surface area contributed by atoms with Crippen molar-refractivity contribution in [2.45, 2.75) is 6.04 Å². The second-order valence-electron chi connectivity index (χ2n) is 7.82. The molecule has 0 spiro atoms. The molecular formula is C24H24ClFN2O5. The number of ether oxygens (including phenoxy) is 2. The van der Waals surface area contributed by atoms with Gasteiger partial charge in [0.1, 0.15) is 17.3 Å². The van der Waals surface area contributed by atoms with Crippen molar-refractivity contribution >= 4 is 29.1 Å². The molecule has 1 amide bonds. The number of carbonyl (C=O) groups is 2. The number of hydrogen-bond acceptors (Lipinski definition) is 6. The van der Waals surface area contributed by atoms with Gasteiger partial charge in [-0.1, -0.05) is 29.8 Å². The van der Waals surface area contributed by atoms with E-state index in [1.54, 1.807) is 12.1 Å². The summed E-state index contributed by atoms with van der Waals surface area (Å²) in [5.41, 5.74) is 0.196. The predicted molar refractivity (Wildman–Crippen MR) is 121 cm³/mol. The number of aliphatic hydroxyl groups excluding tert-OH is 1. The van der Waals surface area contributed by atoms with Crippen LogP contribution in [0.25, 0.3) is 5.76 Å². The lowest BCUT2D eigenvalue weighted by Crippen LogP contribution is -2.42. The van der Waals surface area contributed by atoms with Gasteiger partial charge in [-0.25, -0.2) is 4.39 Å². The van der Waals surface area contributed by atoms with Crippen LogP contribution in [0.15, 0.2) is 48.0 Å². The first-order valence-corrected chi connectivity index (χ1v) is 11.0. The normalized spacial score (nSPS) is 20.9. The molecule has 2 aliphatic rings. The van der Waals surface area contributed by atoms with E-state index in [2.05, 4.69) is 4.90 Å². The van der Waals surface area contributed by atoms with Crippen LogP contribution in [-0.4, -0.2) is 73.1 Å². The fourth-order valence-electron chi connectivity index (χ4n) is 4.17. The molecule has 1 atom stereocenters. The Hall–Kier alpha value is -2.94. The summed E-state index contributed by atoms with van der Waals surface area (Å²) >= 11 is 6.19. The maximum Gasteiger partial charge on any atom is 0.295 e. The van der Waals surface area contributed by atoms with Gasteiger partial charge in [0.2, 0.25) is 0 Å². The van der Waals surface area contributed by atoms with Gasteiger partial charge in [-0.05, 0) is 24.3 Å². The van der Waals surface area contributed by atoms with Gasteiger partial charge in [-0.3, -0.25) is 14.5 Å². The largest absolute Gasteiger partial charge is 0.507 e. The number of hydrogen-bond donors (Lipinski definition) is 1. The third-order valence-electron chi connectivity index (χ3n) is 5.93. The Balaban J connectivity index is 1.76. The summed E-state index contributed by atoms with van der Waals surface area (Å²) in [5.74, 6) is -2.24. The molecule has 33 heavy (non-hydrogen) atoms. The summed E-state index contributed by atoms with van der Waals surface area (Å²) in [6.45, 7) is 3.29. The van der Waals surface area contributed by atoms with Crippen molar-refractivity contribution in [1.82, 2.24) is 9.80 Å². The van der Waals surface area contributed by atoms with E-state index in [-0.39, 0.29) is 28.3 Å². The minimum Gasteiger partial charge on any atom is -0.507 e. The number of ketones is 1. The van der Waals surface area contributed by atoms with Gasteiger partial charge in [0.15, 0.2) is 0 Å². The molecule has 2 aromatic rings. The van der Waals surface area contributed by atoms with Crippen molar-refractivity contribution < 1.29 is 28.6 Å². The minimum atomic E-state index is -1.06. The lowest BCUT2D eigenvalue weighted by molar-refractivity contribution is -0.140. The number of benzene rings is 2. The number of likely N-dealkylation sites (tertiary alicyclic amines) is 1. The molecule has 9 heteroatoms. The van der Waals surface area contributed by atoms with E-state index in [1.165, 1.54) is 42.3 Å². The van der Waals surface area contributed by atoms with Crippen LogP contribution in [-0.2, 0) is 14.3 Å². The quantitative estimate of drug-likeness (QED) is 0.393. The van der Waals surface area contributed by atoms with E-state index in [0.29, 0.717) is 38.6 Å². The van der Waals surface area contributed by atoms with Crippen LogP contribution in [0.2, 0.25) is 5.02 Å². The zero-order valence-corrected chi connectivity index (χ0v) is 18.8. The number of carbonyl (C=O) groups excluding carboxylic acids is 2. The van der Waals surface area contributed by atoms with Crippen LogP contribution in [0, 0.1) is 5.82 Å². The van der Waals surface area contributed by atoms with Crippen LogP contribution >= 0.6 is 11.6 Å². The van der Waals surface area contributed by atoms with Crippen molar-refractivity contribution in [1.29, 1.82) is 0 Å². The number of nitrogens with zero attached hydrogens (tertiary/aromatic N) is 2. The average Bonchev–Trinajstić information content (AvgIpc) is 3.08. The Morgan fingerprint density at radius 1 is 1.18 bits per heavy atom. The number of aliphatic hydroxyl groups is 1. The minimum absolute atomic E-state index is 0.139. The molecular weight excluding hydrogens is 451 g/mol. The van der Waals surface area contributed by atoms with Gasteiger partial charge in [0.25, 0.3) is 11.7 Å². The zero-order valence-electron chi connectivity index (χ0n) is 18.1. The highest BCUT2D eigenvalue weighted by Crippen LogP contribution is 2.41. The summed E-state index contributed by atoms with van der Waals surface area (Å²) in [4.78, 5) is 29.5. The summed E-state index contributed by atoms with van der Waals surface area (Å²) < 4.78 is 25.3. The zero-order chi connectivity index (χ0) is 23.5. The first-order chi connectivity index (χ1) is 15.9. The van der Waals surface area contributed by atoms with Crippen LogP contribution in [0.3, 0.4) is 0 Å². The van der Waals surface area contributed by atoms with E-state index in [1.807, 2.05) is 0 Å². The van der Waals surface area contributed by atoms with Gasteiger partial charge >= 0.3 is 0 Å². The summed E-state index contributed by atoms with van der Waals surface area (Å²) in [7, 11) is 1.46. The highest BCUT2D eigenvalue weighted by atomic mass is 35.5. The van der Waals surface area contributed by atoms with Crippen LogP contribution in [0.4, 0.5) is 4.39 Å². The van der Waals surface area contributed by atoms with Gasteiger partial charge < -0.3 is 19.5 Å². The Bertz CT molecular complexity index is 1100. The Morgan fingerprint density at radius 2 is 1.91 bits per heavy atom. The molecule has 2 aromatic carbocycles. The molecule has 174 valence electrons. The molecule has 0 aromatic heterocycles. The lowest BCUT2D eigenvalue weighted by atomic mass is 9.95. The smallest absolute Gasteiger partial charge is 0.295 e. The molecule has 7 nitrogen and oxygen atoms in total. The Labute approximate surface area is 195 Å². The van der Waals surface area contributed by atoms with E-state index in [0.717, 1.165) is 0 Å². The van der Waals surface area contributed by atoms with Crippen LogP contribution < -0.4 is 4.74 Å². The van der Waals surface area contributed by atoms with Gasteiger partial charge in [0.05, 0.1) is 37.0 Å². The number of methoxy groups -OCH3 is 1. The fourth-order valence-corrected chi connectivity index (χ4v) is 4.43. The molecule has 2 heterocycles. The molecule has 0 radical (unpaired) electrons. The van der Waals surface area contributed by atoms with Gasteiger partial charge in [-0.2, -0.15) is 0 Å². The average molecular weight is 475 g/mol. The molecule has 2 fully saturated rings. The molecule has 0 unspecified atom stereocenters. The van der Waals surface area contributed by atoms with Crippen molar-refractivity contribution in [2.24, 2.45) is 0 Å². The van der Waals surface area contributed by atoms with Crippen LogP contribution in [0.1, 0.15) is 17.2 Å². The molecule has 0 aliphatic carbocycles. The number of halogens is 2. The molecule has 4 rings (SSSR count). The third-order valence-corrected chi connectivity index (χ3v) is 6.22. The molecule has 2 saturated heterocycles. The van der Waals surface area contributed by atoms with E-state index in [4.69, 9.17) is 21.1 Å². The highest BCUT2D eigenvalue weighted by Gasteiger charge is 2.46. The SMILES string of the molecule is COc1ccc(C(O)=C2C(=O)C(=O)N(CCN3CCOCC3)[C@H]2c2ccccc2F)cc1Cl.